The Bertz CT molecular complexity index is 517. The smallest absolute Gasteiger partial charge is 0.270 e. The predicted molar refractivity (Wildman–Crippen MR) is 84.4 cm³/mol. The third-order valence-electron chi connectivity index (χ3n) is 4.07. The molecule has 1 heterocycles. The lowest BCUT2D eigenvalue weighted by molar-refractivity contribution is 0.0946. The molecule has 0 bridgehead atoms. The van der Waals surface area contributed by atoms with E-state index in [1.54, 1.807) is 17.8 Å². The van der Waals surface area contributed by atoms with Crippen LogP contribution in [0, 0.1) is 0 Å². The molecule has 2 aliphatic rings. The molecule has 0 spiro atoms. The molecule has 1 aromatic rings. The van der Waals surface area contributed by atoms with Crippen LogP contribution < -0.4 is 10.6 Å². The topological polar surface area (TPSA) is 54.0 Å². The van der Waals surface area contributed by atoms with Crippen LogP contribution in [0.2, 0.25) is 0 Å². The van der Waals surface area contributed by atoms with Crippen LogP contribution in [-0.2, 0) is 0 Å². The quantitative estimate of drug-likeness (QED) is 0.789. The van der Waals surface area contributed by atoms with Gasteiger partial charge in [0.25, 0.3) is 5.91 Å². The normalized spacial score (nSPS) is 18.0. The van der Waals surface area contributed by atoms with Gasteiger partial charge < -0.3 is 10.6 Å². The number of hydrogen-bond acceptors (Lipinski definition) is 3. The maximum Gasteiger partial charge on any atom is 0.270 e. The molecule has 2 aliphatic carbocycles. The van der Waals surface area contributed by atoms with Crippen LogP contribution in [0.25, 0.3) is 0 Å². The Hall–Kier alpha value is -1.84. The Balaban J connectivity index is 1.45. The number of nitrogens with zero attached hydrogens (tertiary/aromatic N) is 1. The van der Waals surface area contributed by atoms with E-state index in [1.165, 1.54) is 25.7 Å². The molecule has 1 amide bonds. The first-order valence-corrected chi connectivity index (χ1v) is 8.00. The van der Waals surface area contributed by atoms with Crippen molar-refractivity contribution in [2.45, 2.75) is 51.0 Å². The maximum atomic E-state index is 11.8. The summed E-state index contributed by atoms with van der Waals surface area (Å²) < 4.78 is 0. The number of amides is 1. The summed E-state index contributed by atoms with van der Waals surface area (Å²) in [6, 6.07) is 4.10. The predicted octanol–water partition coefficient (Wildman–Crippen LogP) is 3.28. The zero-order valence-electron chi connectivity index (χ0n) is 12.4. The fourth-order valence-electron chi connectivity index (χ4n) is 2.62. The number of rotatable bonds is 6. The number of carbonyl (C=O) groups is 1. The van der Waals surface area contributed by atoms with Crippen LogP contribution in [0.15, 0.2) is 30.0 Å². The van der Waals surface area contributed by atoms with Crippen molar-refractivity contribution in [3.05, 3.63) is 35.7 Å². The van der Waals surface area contributed by atoms with Gasteiger partial charge in [-0.2, -0.15) is 0 Å². The largest absolute Gasteiger partial charge is 0.383 e. The highest BCUT2D eigenvalue weighted by molar-refractivity contribution is 5.92. The average Bonchev–Trinajstić information content (AvgIpc) is 3.33. The molecule has 1 saturated carbocycles. The standard InChI is InChI=1S/C17H23N3O/c21-17(20-14-6-7-14)16-9-8-15(12-19-16)18-11-10-13-4-2-1-3-5-13/h4,8-9,12,14,18H,1-3,5-7,10-11H2,(H,20,21). The van der Waals surface area contributed by atoms with Crippen LogP contribution in [0.5, 0.6) is 0 Å². The summed E-state index contributed by atoms with van der Waals surface area (Å²) in [5.41, 5.74) is 3.05. The maximum absolute atomic E-state index is 11.8. The van der Waals surface area contributed by atoms with E-state index in [1.807, 2.05) is 6.07 Å². The van der Waals surface area contributed by atoms with Gasteiger partial charge in [-0.05, 0) is 57.1 Å². The summed E-state index contributed by atoms with van der Waals surface area (Å²) in [5, 5.41) is 6.32. The minimum atomic E-state index is -0.0589. The minimum absolute atomic E-state index is 0.0589. The van der Waals surface area contributed by atoms with Crippen molar-refractivity contribution in [3.63, 3.8) is 0 Å². The first-order chi connectivity index (χ1) is 10.3. The number of aromatic nitrogens is 1. The van der Waals surface area contributed by atoms with E-state index in [0.717, 1.165) is 31.5 Å². The van der Waals surface area contributed by atoms with Gasteiger partial charge in [0.05, 0.1) is 11.9 Å². The van der Waals surface area contributed by atoms with Gasteiger partial charge in [-0.1, -0.05) is 11.6 Å². The van der Waals surface area contributed by atoms with Gasteiger partial charge in [-0.15, -0.1) is 0 Å². The van der Waals surface area contributed by atoms with E-state index >= 15 is 0 Å². The summed E-state index contributed by atoms with van der Waals surface area (Å²) in [5.74, 6) is -0.0589. The molecule has 0 radical (unpaired) electrons. The molecule has 1 fully saturated rings. The minimum Gasteiger partial charge on any atom is -0.383 e. The van der Waals surface area contributed by atoms with E-state index in [0.29, 0.717) is 11.7 Å². The first-order valence-electron chi connectivity index (χ1n) is 8.00. The van der Waals surface area contributed by atoms with Crippen molar-refractivity contribution in [2.75, 3.05) is 11.9 Å². The van der Waals surface area contributed by atoms with Gasteiger partial charge in [0, 0.05) is 12.6 Å². The Morgan fingerprint density at radius 2 is 2.19 bits per heavy atom. The fourth-order valence-corrected chi connectivity index (χ4v) is 2.62. The van der Waals surface area contributed by atoms with Crippen molar-refractivity contribution in [1.29, 1.82) is 0 Å². The van der Waals surface area contributed by atoms with Gasteiger partial charge in [0.15, 0.2) is 0 Å². The van der Waals surface area contributed by atoms with E-state index in [-0.39, 0.29) is 5.91 Å². The fraction of sp³-hybridized carbons (Fsp3) is 0.529. The Labute approximate surface area is 126 Å². The Morgan fingerprint density at radius 1 is 1.29 bits per heavy atom. The lowest BCUT2D eigenvalue weighted by Gasteiger charge is -2.13. The van der Waals surface area contributed by atoms with Crippen molar-refractivity contribution >= 4 is 11.6 Å². The summed E-state index contributed by atoms with van der Waals surface area (Å²) in [6.45, 7) is 0.932. The van der Waals surface area contributed by atoms with Crippen molar-refractivity contribution < 1.29 is 4.79 Å². The molecule has 0 aromatic carbocycles. The molecule has 4 nitrogen and oxygen atoms in total. The molecule has 0 aliphatic heterocycles. The number of allylic oxidation sites excluding steroid dienone is 1. The van der Waals surface area contributed by atoms with Crippen LogP contribution in [0.1, 0.15) is 55.4 Å². The van der Waals surface area contributed by atoms with Crippen molar-refractivity contribution in [2.24, 2.45) is 0 Å². The highest BCUT2D eigenvalue weighted by atomic mass is 16.2. The number of nitrogens with one attached hydrogen (secondary N) is 2. The molecule has 112 valence electrons. The molecule has 0 unspecified atom stereocenters. The molecular formula is C17H23N3O. The Kier molecular flexibility index (Phi) is 4.53. The van der Waals surface area contributed by atoms with Crippen LogP contribution in [0.3, 0.4) is 0 Å². The molecule has 1 aromatic heterocycles. The molecule has 4 heteroatoms. The number of carbonyl (C=O) groups excluding carboxylic acids is 1. The van der Waals surface area contributed by atoms with E-state index in [9.17, 15) is 4.79 Å². The molecular weight excluding hydrogens is 262 g/mol. The van der Waals surface area contributed by atoms with Gasteiger partial charge in [-0.25, -0.2) is 4.98 Å². The van der Waals surface area contributed by atoms with E-state index in [2.05, 4.69) is 21.7 Å². The second-order valence-corrected chi connectivity index (χ2v) is 5.96. The SMILES string of the molecule is O=C(NC1CC1)c1ccc(NCCC2=CCCCC2)cn1. The highest BCUT2D eigenvalue weighted by Crippen LogP contribution is 2.20. The van der Waals surface area contributed by atoms with Crippen LogP contribution in [0.4, 0.5) is 5.69 Å². The first kappa shape index (κ1) is 14.1. The van der Waals surface area contributed by atoms with E-state index < -0.39 is 0 Å². The second kappa shape index (κ2) is 6.74. The van der Waals surface area contributed by atoms with E-state index in [4.69, 9.17) is 0 Å². The lowest BCUT2D eigenvalue weighted by Crippen LogP contribution is -2.26. The summed E-state index contributed by atoms with van der Waals surface area (Å²) in [7, 11) is 0. The monoisotopic (exact) mass is 285 g/mol. The number of anilines is 1. The second-order valence-electron chi connectivity index (χ2n) is 5.96. The zero-order valence-corrected chi connectivity index (χ0v) is 12.4. The molecule has 21 heavy (non-hydrogen) atoms. The third kappa shape index (κ3) is 4.31. The molecule has 0 saturated heterocycles. The lowest BCUT2D eigenvalue weighted by atomic mass is 9.97. The van der Waals surface area contributed by atoms with Gasteiger partial charge in [-0.3, -0.25) is 4.79 Å². The van der Waals surface area contributed by atoms with Crippen molar-refractivity contribution in [3.8, 4) is 0 Å². The van der Waals surface area contributed by atoms with Crippen LogP contribution >= 0.6 is 0 Å². The number of hydrogen-bond donors (Lipinski definition) is 2. The van der Waals surface area contributed by atoms with Gasteiger partial charge >= 0.3 is 0 Å². The third-order valence-corrected chi connectivity index (χ3v) is 4.07. The van der Waals surface area contributed by atoms with Gasteiger partial charge in [0.1, 0.15) is 5.69 Å². The molecule has 3 rings (SSSR count). The summed E-state index contributed by atoms with van der Waals surface area (Å²) in [6.07, 6.45) is 12.6. The Morgan fingerprint density at radius 3 is 2.86 bits per heavy atom. The zero-order chi connectivity index (χ0) is 14.5. The molecule has 0 atom stereocenters. The highest BCUT2D eigenvalue weighted by Gasteiger charge is 2.24. The molecule has 2 N–H and O–H groups in total. The van der Waals surface area contributed by atoms with Crippen molar-refractivity contribution in [1.82, 2.24) is 10.3 Å². The average molecular weight is 285 g/mol. The van der Waals surface area contributed by atoms with Gasteiger partial charge in [0.2, 0.25) is 0 Å². The number of pyridine rings is 1. The van der Waals surface area contributed by atoms with Crippen LogP contribution in [-0.4, -0.2) is 23.5 Å². The summed E-state index contributed by atoms with van der Waals surface area (Å²) >= 11 is 0. The summed E-state index contributed by atoms with van der Waals surface area (Å²) in [4.78, 5) is 16.1.